The molecule has 7 heteroatoms. The van der Waals surface area contributed by atoms with E-state index in [4.69, 9.17) is 0 Å². The Morgan fingerprint density at radius 2 is 2.26 bits per heavy atom. The van der Waals surface area contributed by atoms with Gasteiger partial charge in [0.2, 0.25) is 10.0 Å². The van der Waals surface area contributed by atoms with E-state index < -0.39 is 10.0 Å². The Bertz CT molecular complexity index is 515. The molecule has 1 aliphatic heterocycles. The number of anilines is 1. The SMILES string of the molecule is CNc1ccc(S(=O)(=O)NCC2CCCN2C)cn1. The first-order valence-electron chi connectivity index (χ1n) is 6.36. The van der Waals surface area contributed by atoms with Crippen molar-refractivity contribution >= 4 is 15.8 Å². The van der Waals surface area contributed by atoms with Gasteiger partial charge in [-0.3, -0.25) is 0 Å². The second kappa shape index (κ2) is 5.85. The van der Waals surface area contributed by atoms with E-state index in [1.807, 2.05) is 7.05 Å². The minimum atomic E-state index is -3.46. The number of nitrogens with zero attached hydrogens (tertiary/aromatic N) is 2. The van der Waals surface area contributed by atoms with Crippen LogP contribution < -0.4 is 10.0 Å². The number of rotatable bonds is 5. The Labute approximate surface area is 114 Å². The highest BCUT2D eigenvalue weighted by atomic mass is 32.2. The maximum absolute atomic E-state index is 12.1. The standard InChI is InChI=1S/C12H20N4O2S/c1-13-12-6-5-11(9-14-12)19(17,18)15-8-10-4-3-7-16(10)2/h5-6,9-10,15H,3-4,7-8H2,1-2H3,(H,13,14). The van der Waals surface area contributed by atoms with Crippen molar-refractivity contribution in [3.8, 4) is 0 Å². The van der Waals surface area contributed by atoms with Crippen molar-refractivity contribution in [2.45, 2.75) is 23.8 Å². The molecule has 1 atom stereocenters. The highest BCUT2D eigenvalue weighted by Crippen LogP contribution is 2.15. The van der Waals surface area contributed by atoms with Crippen LogP contribution >= 0.6 is 0 Å². The van der Waals surface area contributed by atoms with Crippen LogP contribution in [0.25, 0.3) is 0 Å². The van der Waals surface area contributed by atoms with E-state index in [9.17, 15) is 8.42 Å². The average molecular weight is 284 g/mol. The summed E-state index contributed by atoms with van der Waals surface area (Å²) in [4.78, 5) is 6.40. The van der Waals surface area contributed by atoms with Crippen molar-refractivity contribution < 1.29 is 8.42 Å². The minimum absolute atomic E-state index is 0.201. The molecular formula is C12H20N4O2S. The van der Waals surface area contributed by atoms with Gasteiger partial charge in [0.25, 0.3) is 0 Å². The Morgan fingerprint density at radius 3 is 2.79 bits per heavy atom. The van der Waals surface area contributed by atoms with Gasteiger partial charge in [0.1, 0.15) is 10.7 Å². The molecule has 0 radical (unpaired) electrons. The number of likely N-dealkylation sites (N-methyl/N-ethyl adjacent to an activating group) is 1. The smallest absolute Gasteiger partial charge is 0.242 e. The summed E-state index contributed by atoms with van der Waals surface area (Å²) in [6, 6.07) is 3.50. The molecule has 1 unspecified atom stereocenters. The van der Waals surface area contributed by atoms with Gasteiger partial charge in [0.15, 0.2) is 0 Å². The van der Waals surface area contributed by atoms with E-state index in [-0.39, 0.29) is 4.90 Å². The molecular weight excluding hydrogens is 264 g/mol. The molecule has 2 rings (SSSR count). The minimum Gasteiger partial charge on any atom is -0.373 e. The van der Waals surface area contributed by atoms with Gasteiger partial charge in [-0.25, -0.2) is 18.1 Å². The number of hydrogen-bond donors (Lipinski definition) is 2. The molecule has 1 aromatic rings. The summed E-state index contributed by atoms with van der Waals surface area (Å²) >= 11 is 0. The van der Waals surface area contributed by atoms with Gasteiger partial charge in [-0.05, 0) is 38.6 Å². The zero-order valence-corrected chi connectivity index (χ0v) is 12.1. The molecule has 1 aromatic heterocycles. The maximum Gasteiger partial charge on any atom is 0.242 e. The molecule has 0 spiro atoms. The van der Waals surface area contributed by atoms with Gasteiger partial charge in [0, 0.05) is 25.8 Å². The second-order valence-electron chi connectivity index (χ2n) is 4.76. The van der Waals surface area contributed by atoms with Gasteiger partial charge in [-0.15, -0.1) is 0 Å². The van der Waals surface area contributed by atoms with Crippen molar-refractivity contribution in [3.05, 3.63) is 18.3 Å². The summed E-state index contributed by atoms with van der Waals surface area (Å²) in [6.45, 7) is 1.48. The lowest BCUT2D eigenvalue weighted by Gasteiger charge is -2.19. The second-order valence-corrected chi connectivity index (χ2v) is 6.52. The highest BCUT2D eigenvalue weighted by Gasteiger charge is 2.23. The van der Waals surface area contributed by atoms with E-state index in [1.54, 1.807) is 19.2 Å². The number of aromatic nitrogens is 1. The van der Waals surface area contributed by atoms with Crippen LogP contribution in [0.4, 0.5) is 5.82 Å². The molecule has 2 N–H and O–H groups in total. The third-order valence-electron chi connectivity index (χ3n) is 3.48. The summed E-state index contributed by atoms with van der Waals surface area (Å²) in [7, 11) is 0.301. The Kier molecular flexibility index (Phi) is 4.38. The molecule has 6 nitrogen and oxygen atoms in total. The molecule has 0 aromatic carbocycles. The van der Waals surface area contributed by atoms with Crippen LogP contribution in [0.1, 0.15) is 12.8 Å². The fraction of sp³-hybridized carbons (Fsp3) is 0.583. The molecule has 106 valence electrons. The summed E-state index contributed by atoms with van der Waals surface area (Å²) in [6.07, 6.45) is 3.53. The monoisotopic (exact) mass is 284 g/mol. The predicted molar refractivity (Wildman–Crippen MR) is 74.6 cm³/mol. The van der Waals surface area contributed by atoms with E-state index in [2.05, 4.69) is 19.9 Å². The normalized spacial score (nSPS) is 20.6. The van der Waals surface area contributed by atoms with Crippen molar-refractivity contribution in [1.82, 2.24) is 14.6 Å². The van der Waals surface area contributed by atoms with Crippen LogP contribution in [0.2, 0.25) is 0 Å². The van der Waals surface area contributed by atoms with E-state index in [0.29, 0.717) is 18.4 Å². The van der Waals surface area contributed by atoms with Gasteiger partial charge < -0.3 is 10.2 Å². The van der Waals surface area contributed by atoms with Crippen LogP contribution in [0.5, 0.6) is 0 Å². The number of sulfonamides is 1. The Morgan fingerprint density at radius 1 is 1.47 bits per heavy atom. The van der Waals surface area contributed by atoms with Crippen LogP contribution in [-0.2, 0) is 10.0 Å². The predicted octanol–water partition coefficient (Wildman–Crippen LogP) is 0.496. The maximum atomic E-state index is 12.1. The zero-order valence-electron chi connectivity index (χ0n) is 11.3. The molecule has 2 heterocycles. The van der Waals surface area contributed by atoms with Crippen LogP contribution in [0.3, 0.4) is 0 Å². The third-order valence-corrected chi connectivity index (χ3v) is 4.89. The zero-order chi connectivity index (χ0) is 13.9. The van der Waals surface area contributed by atoms with Crippen molar-refractivity contribution in [3.63, 3.8) is 0 Å². The lowest BCUT2D eigenvalue weighted by molar-refractivity contribution is 0.311. The molecule has 19 heavy (non-hydrogen) atoms. The summed E-state index contributed by atoms with van der Waals surface area (Å²) in [5.41, 5.74) is 0. The van der Waals surface area contributed by atoms with Gasteiger partial charge in [0.05, 0.1) is 0 Å². The number of likely N-dealkylation sites (tertiary alicyclic amines) is 1. The number of nitrogens with one attached hydrogen (secondary N) is 2. The van der Waals surface area contributed by atoms with E-state index in [0.717, 1.165) is 19.4 Å². The van der Waals surface area contributed by atoms with Gasteiger partial charge in [-0.2, -0.15) is 0 Å². The largest absolute Gasteiger partial charge is 0.373 e. The van der Waals surface area contributed by atoms with Crippen LogP contribution in [0, 0.1) is 0 Å². The van der Waals surface area contributed by atoms with E-state index in [1.165, 1.54) is 6.20 Å². The highest BCUT2D eigenvalue weighted by molar-refractivity contribution is 7.89. The fourth-order valence-electron chi connectivity index (χ4n) is 2.21. The molecule has 1 saturated heterocycles. The van der Waals surface area contributed by atoms with Crippen LogP contribution in [0.15, 0.2) is 23.2 Å². The lowest BCUT2D eigenvalue weighted by atomic mass is 10.2. The first-order valence-corrected chi connectivity index (χ1v) is 7.85. The molecule has 0 aliphatic carbocycles. The average Bonchev–Trinajstić information content (AvgIpc) is 2.82. The Balaban J connectivity index is 2.01. The topological polar surface area (TPSA) is 74.3 Å². The quantitative estimate of drug-likeness (QED) is 0.823. The molecule has 1 fully saturated rings. The number of hydrogen-bond acceptors (Lipinski definition) is 5. The van der Waals surface area contributed by atoms with Gasteiger partial charge in [-0.1, -0.05) is 0 Å². The third kappa shape index (κ3) is 3.43. The Hall–Kier alpha value is -1.18. The lowest BCUT2D eigenvalue weighted by Crippen LogP contribution is -2.38. The first kappa shape index (κ1) is 14.2. The van der Waals surface area contributed by atoms with Crippen molar-refractivity contribution in [2.24, 2.45) is 0 Å². The van der Waals surface area contributed by atoms with Crippen LogP contribution in [-0.4, -0.2) is 51.5 Å². The summed E-state index contributed by atoms with van der Waals surface area (Å²) in [5, 5.41) is 2.86. The number of pyridine rings is 1. The molecule has 0 saturated carbocycles. The molecule has 0 amide bonds. The first-order chi connectivity index (χ1) is 9.03. The fourth-order valence-corrected chi connectivity index (χ4v) is 3.23. The van der Waals surface area contributed by atoms with E-state index >= 15 is 0 Å². The summed E-state index contributed by atoms with van der Waals surface area (Å²) < 4.78 is 26.9. The summed E-state index contributed by atoms with van der Waals surface area (Å²) in [5.74, 6) is 0.648. The molecule has 1 aliphatic rings. The van der Waals surface area contributed by atoms with Crippen molar-refractivity contribution in [2.75, 3.05) is 32.5 Å². The van der Waals surface area contributed by atoms with Gasteiger partial charge >= 0.3 is 0 Å². The van der Waals surface area contributed by atoms with Crippen molar-refractivity contribution in [1.29, 1.82) is 0 Å². The molecule has 0 bridgehead atoms.